The number of rotatable bonds is 5. The topological polar surface area (TPSA) is 20.2 Å². The first kappa shape index (κ1) is 14.7. The average molecular weight is 276 g/mol. The van der Waals surface area contributed by atoms with E-state index in [4.69, 9.17) is 0 Å². The summed E-state index contributed by atoms with van der Waals surface area (Å²) in [5, 5.41) is 9.96. The number of aryl methyl sites for hydroxylation is 2. The Bertz CT molecular complexity index is 564. The Morgan fingerprint density at radius 3 is 2.25 bits per heavy atom. The predicted octanol–water partition coefficient (Wildman–Crippen LogP) is 3.81. The maximum absolute atomic E-state index is 13.1. The third-order valence-electron chi connectivity index (χ3n) is 3.34. The molecule has 106 valence electrons. The van der Waals surface area contributed by atoms with E-state index in [1.54, 1.807) is 0 Å². The van der Waals surface area contributed by atoms with Crippen molar-refractivity contribution in [1.29, 1.82) is 0 Å². The minimum atomic E-state index is -0.867. The highest BCUT2D eigenvalue weighted by atomic mass is 19.2. The van der Waals surface area contributed by atoms with E-state index in [1.807, 2.05) is 31.2 Å². The second-order valence-corrected chi connectivity index (χ2v) is 5.13. The van der Waals surface area contributed by atoms with Gasteiger partial charge in [0, 0.05) is 0 Å². The van der Waals surface area contributed by atoms with Gasteiger partial charge in [0.1, 0.15) is 0 Å². The Hall–Kier alpha value is -1.74. The van der Waals surface area contributed by atoms with Gasteiger partial charge >= 0.3 is 0 Å². The predicted molar refractivity (Wildman–Crippen MR) is 75.6 cm³/mol. The van der Waals surface area contributed by atoms with Crippen LogP contribution in [0.3, 0.4) is 0 Å². The Balaban J connectivity index is 1.87. The van der Waals surface area contributed by atoms with Crippen molar-refractivity contribution in [1.82, 2.24) is 0 Å². The van der Waals surface area contributed by atoms with Crippen LogP contribution in [0.25, 0.3) is 0 Å². The van der Waals surface area contributed by atoms with Crippen molar-refractivity contribution in [3.8, 4) is 0 Å². The van der Waals surface area contributed by atoms with E-state index in [9.17, 15) is 13.9 Å². The fourth-order valence-corrected chi connectivity index (χ4v) is 2.13. The molecule has 0 aliphatic rings. The highest BCUT2D eigenvalue weighted by Crippen LogP contribution is 2.13. The molecule has 2 rings (SSSR count). The lowest BCUT2D eigenvalue weighted by molar-refractivity contribution is 0.165. The number of aliphatic hydroxyl groups excluding tert-OH is 1. The quantitative estimate of drug-likeness (QED) is 0.880. The Morgan fingerprint density at radius 1 is 0.950 bits per heavy atom. The third kappa shape index (κ3) is 4.14. The lowest BCUT2D eigenvalue weighted by Crippen LogP contribution is -2.12. The summed E-state index contributed by atoms with van der Waals surface area (Å²) < 4.78 is 25.9. The molecule has 1 N–H and O–H groups in total. The van der Waals surface area contributed by atoms with E-state index in [0.717, 1.165) is 18.6 Å². The van der Waals surface area contributed by atoms with Crippen molar-refractivity contribution in [2.75, 3.05) is 0 Å². The number of benzene rings is 2. The molecule has 0 heterocycles. The van der Waals surface area contributed by atoms with E-state index < -0.39 is 17.7 Å². The van der Waals surface area contributed by atoms with Gasteiger partial charge in [-0.2, -0.15) is 0 Å². The van der Waals surface area contributed by atoms with E-state index in [0.29, 0.717) is 18.4 Å². The van der Waals surface area contributed by atoms with Crippen LogP contribution in [0.1, 0.15) is 23.1 Å². The number of aliphatic hydroxyl groups is 1. The molecule has 1 unspecified atom stereocenters. The molecule has 0 bridgehead atoms. The molecule has 2 aromatic rings. The second-order valence-electron chi connectivity index (χ2n) is 5.13. The molecule has 0 aromatic heterocycles. The summed E-state index contributed by atoms with van der Waals surface area (Å²) in [7, 11) is 0. The molecule has 0 saturated carbocycles. The van der Waals surface area contributed by atoms with Crippen molar-refractivity contribution in [2.45, 2.75) is 32.3 Å². The van der Waals surface area contributed by atoms with Gasteiger partial charge < -0.3 is 5.11 Å². The lowest BCUT2D eigenvalue weighted by atomic mass is 10.0. The summed E-state index contributed by atoms with van der Waals surface area (Å²) in [5.41, 5.74) is 2.98. The van der Waals surface area contributed by atoms with Crippen LogP contribution in [0.15, 0.2) is 42.5 Å². The van der Waals surface area contributed by atoms with E-state index in [-0.39, 0.29) is 0 Å². The first-order chi connectivity index (χ1) is 9.54. The standard InChI is InChI=1S/C17H18F2O/c1-12-2-4-13(5-3-12)6-8-15(20)10-14-7-9-16(18)17(19)11-14/h2-5,7,9,11,15,20H,6,8,10H2,1H3. The molecule has 1 atom stereocenters. The van der Waals surface area contributed by atoms with E-state index >= 15 is 0 Å². The van der Waals surface area contributed by atoms with Gasteiger partial charge in [0.2, 0.25) is 0 Å². The molecular weight excluding hydrogens is 258 g/mol. The number of hydrogen-bond donors (Lipinski definition) is 1. The molecule has 0 spiro atoms. The summed E-state index contributed by atoms with van der Waals surface area (Å²) in [6.07, 6.45) is 1.15. The summed E-state index contributed by atoms with van der Waals surface area (Å²) in [6.45, 7) is 2.03. The summed E-state index contributed by atoms with van der Waals surface area (Å²) >= 11 is 0. The largest absolute Gasteiger partial charge is 0.393 e. The fourth-order valence-electron chi connectivity index (χ4n) is 2.13. The minimum absolute atomic E-state index is 0.336. The van der Waals surface area contributed by atoms with Gasteiger partial charge in [0.25, 0.3) is 0 Å². The molecule has 0 fully saturated rings. The minimum Gasteiger partial charge on any atom is -0.393 e. The Kier molecular flexibility index (Phi) is 4.85. The number of halogens is 2. The average Bonchev–Trinajstić information content (AvgIpc) is 2.42. The fraction of sp³-hybridized carbons (Fsp3) is 0.294. The van der Waals surface area contributed by atoms with Gasteiger partial charge in [-0.05, 0) is 49.4 Å². The van der Waals surface area contributed by atoms with Crippen LogP contribution in [-0.4, -0.2) is 11.2 Å². The maximum Gasteiger partial charge on any atom is 0.159 e. The summed E-state index contributed by atoms with van der Waals surface area (Å²) in [6, 6.07) is 11.9. The lowest BCUT2D eigenvalue weighted by Gasteiger charge is -2.11. The molecule has 3 heteroatoms. The monoisotopic (exact) mass is 276 g/mol. The van der Waals surface area contributed by atoms with Crippen LogP contribution in [0.2, 0.25) is 0 Å². The zero-order chi connectivity index (χ0) is 14.5. The zero-order valence-corrected chi connectivity index (χ0v) is 11.4. The van der Waals surface area contributed by atoms with Crippen LogP contribution in [0.5, 0.6) is 0 Å². The van der Waals surface area contributed by atoms with Crippen molar-refractivity contribution >= 4 is 0 Å². The van der Waals surface area contributed by atoms with E-state index in [1.165, 1.54) is 17.2 Å². The summed E-state index contributed by atoms with van der Waals surface area (Å²) in [5.74, 6) is -1.73. The zero-order valence-electron chi connectivity index (χ0n) is 11.4. The molecule has 0 aliphatic carbocycles. The molecule has 1 nitrogen and oxygen atoms in total. The SMILES string of the molecule is Cc1ccc(CCC(O)Cc2ccc(F)c(F)c2)cc1. The van der Waals surface area contributed by atoms with Crippen LogP contribution < -0.4 is 0 Å². The van der Waals surface area contributed by atoms with Crippen molar-refractivity contribution in [3.63, 3.8) is 0 Å². The molecular formula is C17H18F2O. The van der Waals surface area contributed by atoms with Crippen LogP contribution in [-0.2, 0) is 12.8 Å². The smallest absolute Gasteiger partial charge is 0.159 e. The second kappa shape index (κ2) is 6.62. The van der Waals surface area contributed by atoms with Gasteiger partial charge in [0.05, 0.1) is 6.10 Å². The van der Waals surface area contributed by atoms with Crippen molar-refractivity contribution < 1.29 is 13.9 Å². The van der Waals surface area contributed by atoms with Gasteiger partial charge in [-0.15, -0.1) is 0 Å². The van der Waals surface area contributed by atoms with Crippen molar-refractivity contribution in [3.05, 3.63) is 70.8 Å². The summed E-state index contributed by atoms with van der Waals surface area (Å²) in [4.78, 5) is 0. The van der Waals surface area contributed by atoms with E-state index in [2.05, 4.69) is 0 Å². The third-order valence-corrected chi connectivity index (χ3v) is 3.34. The molecule has 0 amide bonds. The first-order valence-electron chi connectivity index (χ1n) is 6.72. The normalized spacial score (nSPS) is 12.4. The maximum atomic E-state index is 13.1. The molecule has 20 heavy (non-hydrogen) atoms. The highest BCUT2D eigenvalue weighted by Gasteiger charge is 2.09. The van der Waals surface area contributed by atoms with Gasteiger partial charge in [-0.3, -0.25) is 0 Å². The highest BCUT2D eigenvalue weighted by molar-refractivity contribution is 5.22. The van der Waals surface area contributed by atoms with Crippen LogP contribution >= 0.6 is 0 Å². The molecule has 0 saturated heterocycles. The van der Waals surface area contributed by atoms with Gasteiger partial charge in [-0.1, -0.05) is 35.9 Å². The van der Waals surface area contributed by atoms with Gasteiger partial charge in [-0.25, -0.2) is 8.78 Å². The Labute approximate surface area is 117 Å². The molecule has 2 aromatic carbocycles. The van der Waals surface area contributed by atoms with Gasteiger partial charge in [0.15, 0.2) is 11.6 Å². The molecule has 0 aliphatic heterocycles. The van der Waals surface area contributed by atoms with Crippen molar-refractivity contribution in [2.24, 2.45) is 0 Å². The Morgan fingerprint density at radius 2 is 1.60 bits per heavy atom. The van der Waals surface area contributed by atoms with Crippen LogP contribution in [0, 0.1) is 18.6 Å². The first-order valence-corrected chi connectivity index (χ1v) is 6.72. The molecule has 0 radical (unpaired) electrons. The van der Waals surface area contributed by atoms with Crippen LogP contribution in [0.4, 0.5) is 8.78 Å². The number of hydrogen-bond acceptors (Lipinski definition) is 1.